The van der Waals surface area contributed by atoms with E-state index in [1.807, 2.05) is 0 Å². The summed E-state index contributed by atoms with van der Waals surface area (Å²) < 4.78 is 12.7. The molecule has 0 atom stereocenters. The van der Waals surface area contributed by atoms with E-state index in [1.165, 1.54) is 18.2 Å². The van der Waals surface area contributed by atoms with Gasteiger partial charge in [0, 0.05) is 18.7 Å². The maximum Gasteiger partial charge on any atom is 0.161 e. The van der Waals surface area contributed by atoms with Crippen molar-refractivity contribution in [1.82, 2.24) is 5.32 Å². The molecule has 0 heterocycles. The molecule has 2 rings (SSSR count). The minimum absolute atomic E-state index is 0.107. The summed E-state index contributed by atoms with van der Waals surface area (Å²) in [6.07, 6.45) is 0. The first-order valence-corrected chi connectivity index (χ1v) is 5.62. The second kappa shape index (κ2) is 5.51. The second-order valence-corrected chi connectivity index (χ2v) is 4.01. The average Bonchev–Trinajstić information content (AvgIpc) is 2.37. The van der Waals surface area contributed by atoms with Crippen LogP contribution in [0.4, 0.5) is 4.39 Å². The zero-order chi connectivity index (χ0) is 13.0. The van der Waals surface area contributed by atoms with E-state index in [9.17, 15) is 14.6 Å². The van der Waals surface area contributed by atoms with Crippen molar-refractivity contribution in [3.05, 3.63) is 59.4 Å². The number of nitrogens with one attached hydrogen (secondary N) is 1. The highest BCUT2D eigenvalue weighted by Gasteiger charge is 2.04. The Morgan fingerprint density at radius 1 is 0.944 bits per heavy atom. The topological polar surface area (TPSA) is 52.5 Å². The molecule has 0 amide bonds. The van der Waals surface area contributed by atoms with Gasteiger partial charge >= 0.3 is 0 Å². The fourth-order valence-electron chi connectivity index (χ4n) is 1.66. The van der Waals surface area contributed by atoms with Gasteiger partial charge in [0.1, 0.15) is 5.82 Å². The number of phenols is 2. The number of benzene rings is 2. The molecule has 0 saturated heterocycles. The molecule has 3 nitrogen and oxygen atoms in total. The van der Waals surface area contributed by atoms with Gasteiger partial charge in [-0.15, -0.1) is 0 Å². The van der Waals surface area contributed by atoms with Crippen molar-refractivity contribution >= 4 is 0 Å². The number of hydrogen-bond donors (Lipinski definition) is 3. The van der Waals surface area contributed by atoms with Crippen LogP contribution in [0.25, 0.3) is 0 Å². The van der Waals surface area contributed by atoms with E-state index < -0.39 is 0 Å². The van der Waals surface area contributed by atoms with Gasteiger partial charge in [0.2, 0.25) is 0 Å². The average molecular weight is 247 g/mol. The molecule has 94 valence electrons. The lowest BCUT2D eigenvalue weighted by atomic mass is 10.1. The molecule has 3 N–H and O–H groups in total. The first-order chi connectivity index (χ1) is 8.66. The summed E-state index contributed by atoms with van der Waals surface area (Å²) in [6, 6.07) is 11.0. The van der Waals surface area contributed by atoms with Crippen LogP contribution in [0.5, 0.6) is 11.5 Å². The molecule has 0 bridgehead atoms. The maximum atomic E-state index is 12.7. The van der Waals surface area contributed by atoms with Crippen molar-refractivity contribution in [2.24, 2.45) is 0 Å². The van der Waals surface area contributed by atoms with Crippen LogP contribution < -0.4 is 5.32 Å². The number of rotatable bonds is 4. The third-order valence-corrected chi connectivity index (χ3v) is 2.66. The highest BCUT2D eigenvalue weighted by molar-refractivity contribution is 5.44. The molecular weight excluding hydrogens is 233 g/mol. The molecule has 0 aromatic heterocycles. The molecular formula is C14H14FNO2. The Hall–Kier alpha value is -2.07. The molecule has 0 saturated carbocycles. The van der Waals surface area contributed by atoms with Crippen LogP contribution >= 0.6 is 0 Å². The molecule has 0 unspecified atom stereocenters. The Labute approximate surface area is 105 Å². The molecule has 0 fully saturated rings. The summed E-state index contributed by atoms with van der Waals surface area (Å²) in [4.78, 5) is 0. The van der Waals surface area contributed by atoms with Crippen molar-refractivity contribution in [2.75, 3.05) is 0 Å². The molecule has 18 heavy (non-hydrogen) atoms. The molecule has 0 radical (unpaired) electrons. The van der Waals surface area contributed by atoms with Gasteiger partial charge < -0.3 is 15.5 Å². The van der Waals surface area contributed by atoms with Crippen molar-refractivity contribution < 1.29 is 14.6 Å². The van der Waals surface area contributed by atoms with Crippen LogP contribution in [0.3, 0.4) is 0 Å². The Bertz CT molecular complexity index is 526. The number of para-hydroxylation sites is 1. The molecule has 4 heteroatoms. The standard InChI is InChI=1S/C14H14FNO2/c15-12-6-4-10(5-7-12)8-16-9-11-2-1-3-13(17)14(11)18/h1-7,16-18H,8-9H2. The van der Waals surface area contributed by atoms with Gasteiger partial charge in [-0.2, -0.15) is 0 Å². The van der Waals surface area contributed by atoms with Gasteiger partial charge in [-0.1, -0.05) is 24.3 Å². The first-order valence-electron chi connectivity index (χ1n) is 5.62. The van der Waals surface area contributed by atoms with Crippen LogP contribution in [-0.2, 0) is 13.1 Å². The quantitative estimate of drug-likeness (QED) is 0.728. The van der Waals surface area contributed by atoms with Crippen LogP contribution in [0.1, 0.15) is 11.1 Å². The SMILES string of the molecule is Oc1cccc(CNCc2ccc(F)cc2)c1O. The lowest BCUT2D eigenvalue weighted by Gasteiger charge is -2.08. The van der Waals surface area contributed by atoms with Crippen LogP contribution in [0.2, 0.25) is 0 Å². The highest BCUT2D eigenvalue weighted by atomic mass is 19.1. The van der Waals surface area contributed by atoms with E-state index >= 15 is 0 Å². The van der Waals surface area contributed by atoms with E-state index in [2.05, 4.69) is 5.32 Å². The highest BCUT2D eigenvalue weighted by Crippen LogP contribution is 2.27. The second-order valence-electron chi connectivity index (χ2n) is 4.01. The molecule has 0 aliphatic carbocycles. The maximum absolute atomic E-state index is 12.7. The zero-order valence-corrected chi connectivity index (χ0v) is 9.73. The molecule has 2 aromatic carbocycles. The summed E-state index contributed by atoms with van der Waals surface area (Å²) in [5, 5.41) is 22.0. The van der Waals surface area contributed by atoms with E-state index in [1.54, 1.807) is 24.3 Å². The predicted molar refractivity (Wildman–Crippen MR) is 66.7 cm³/mol. The number of halogens is 1. The first kappa shape index (κ1) is 12.4. The molecule has 0 aliphatic heterocycles. The minimum Gasteiger partial charge on any atom is -0.504 e. The summed E-state index contributed by atoms with van der Waals surface area (Å²) in [6.45, 7) is 0.993. The Kier molecular flexibility index (Phi) is 3.79. The lowest BCUT2D eigenvalue weighted by molar-refractivity contribution is 0.397. The van der Waals surface area contributed by atoms with E-state index in [-0.39, 0.29) is 17.3 Å². The largest absolute Gasteiger partial charge is 0.504 e. The monoisotopic (exact) mass is 247 g/mol. The summed E-state index contributed by atoms with van der Waals surface area (Å²) >= 11 is 0. The predicted octanol–water partition coefficient (Wildman–Crippen LogP) is 2.53. The number of hydrogen-bond acceptors (Lipinski definition) is 3. The lowest BCUT2D eigenvalue weighted by Crippen LogP contribution is -2.12. The van der Waals surface area contributed by atoms with E-state index in [4.69, 9.17) is 0 Å². The van der Waals surface area contributed by atoms with Crippen molar-refractivity contribution in [3.8, 4) is 11.5 Å². The summed E-state index contributed by atoms with van der Waals surface area (Å²) in [5.41, 5.74) is 1.58. The third kappa shape index (κ3) is 2.99. The van der Waals surface area contributed by atoms with Gasteiger partial charge in [0.25, 0.3) is 0 Å². The number of aromatic hydroxyl groups is 2. The minimum atomic E-state index is -0.260. The zero-order valence-electron chi connectivity index (χ0n) is 9.73. The van der Waals surface area contributed by atoms with E-state index in [0.29, 0.717) is 18.7 Å². The van der Waals surface area contributed by atoms with Crippen LogP contribution in [0, 0.1) is 5.82 Å². The van der Waals surface area contributed by atoms with Gasteiger partial charge in [0.15, 0.2) is 11.5 Å². The Balaban J connectivity index is 1.92. The molecule has 0 aliphatic rings. The normalized spacial score (nSPS) is 10.5. The van der Waals surface area contributed by atoms with Crippen molar-refractivity contribution in [2.45, 2.75) is 13.1 Å². The molecule has 0 spiro atoms. The van der Waals surface area contributed by atoms with Crippen LogP contribution in [0.15, 0.2) is 42.5 Å². The Morgan fingerprint density at radius 2 is 1.67 bits per heavy atom. The third-order valence-electron chi connectivity index (χ3n) is 2.66. The van der Waals surface area contributed by atoms with E-state index in [0.717, 1.165) is 5.56 Å². The molecule has 2 aromatic rings. The van der Waals surface area contributed by atoms with Gasteiger partial charge in [-0.3, -0.25) is 0 Å². The fourth-order valence-corrected chi connectivity index (χ4v) is 1.66. The van der Waals surface area contributed by atoms with Crippen LogP contribution in [-0.4, -0.2) is 10.2 Å². The van der Waals surface area contributed by atoms with Gasteiger partial charge in [-0.05, 0) is 23.8 Å². The fraction of sp³-hybridized carbons (Fsp3) is 0.143. The van der Waals surface area contributed by atoms with Gasteiger partial charge in [0.05, 0.1) is 0 Å². The summed E-state index contributed by atoms with van der Waals surface area (Å²) in [5.74, 6) is -0.496. The van der Waals surface area contributed by atoms with Crippen molar-refractivity contribution in [1.29, 1.82) is 0 Å². The van der Waals surface area contributed by atoms with Crippen molar-refractivity contribution in [3.63, 3.8) is 0 Å². The summed E-state index contributed by atoms with van der Waals surface area (Å²) in [7, 11) is 0. The Morgan fingerprint density at radius 3 is 2.39 bits per heavy atom. The van der Waals surface area contributed by atoms with Gasteiger partial charge in [-0.25, -0.2) is 4.39 Å². The number of phenolic OH excluding ortho intramolecular Hbond substituents is 2. The smallest absolute Gasteiger partial charge is 0.161 e.